The molecule has 0 rings (SSSR count). The van der Waals surface area contributed by atoms with Crippen LogP contribution in [0.4, 0.5) is 0 Å². The maximum Gasteiger partial charge on any atom is 0.266 e. The standard InChI is InChI=1S/C13H28N2O5S/c1-12(2,9-20-10-13(3,4)8-14)7-11(16)15-5-6-21(17,18)19/h5-10,14H2,1-4H3,(H,15,16)(H,17,18,19). The average molecular weight is 324 g/mol. The highest BCUT2D eigenvalue weighted by atomic mass is 32.2. The second kappa shape index (κ2) is 8.07. The van der Waals surface area contributed by atoms with Crippen LogP contribution in [-0.4, -0.2) is 50.9 Å². The number of carbonyl (C=O) groups excluding carboxylic acids is 1. The van der Waals surface area contributed by atoms with Crippen LogP contribution >= 0.6 is 0 Å². The molecule has 0 aliphatic rings. The molecule has 0 atom stereocenters. The summed E-state index contributed by atoms with van der Waals surface area (Å²) >= 11 is 0. The van der Waals surface area contributed by atoms with Gasteiger partial charge in [-0.25, -0.2) is 0 Å². The van der Waals surface area contributed by atoms with E-state index in [1.807, 2.05) is 27.7 Å². The van der Waals surface area contributed by atoms with Gasteiger partial charge in [-0.1, -0.05) is 27.7 Å². The molecule has 0 fully saturated rings. The molecule has 1 amide bonds. The number of rotatable bonds is 10. The van der Waals surface area contributed by atoms with Crippen LogP contribution in [0, 0.1) is 10.8 Å². The van der Waals surface area contributed by atoms with Crippen molar-refractivity contribution in [2.75, 3.05) is 32.1 Å². The first-order valence-electron chi connectivity index (χ1n) is 6.87. The Balaban J connectivity index is 4.08. The zero-order valence-electron chi connectivity index (χ0n) is 13.3. The van der Waals surface area contributed by atoms with E-state index in [4.69, 9.17) is 15.0 Å². The van der Waals surface area contributed by atoms with Gasteiger partial charge in [-0.05, 0) is 12.0 Å². The molecule has 0 unspecified atom stereocenters. The maximum atomic E-state index is 11.7. The molecule has 0 saturated heterocycles. The minimum absolute atomic E-state index is 0.102. The lowest BCUT2D eigenvalue weighted by Crippen LogP contribution is -2.35. The first-order valence-corrected chi connectivity index (χ1v) is 8.47. The van der Waals surface area contributed by atoms with Crippen molar-refractivity contribution in [2.24, 2.45) is 16.6 Å². The number of nitrogens with two attached hydrogens (primary N) is 1. The van der Waals surface area contributed by atoms with E-state index in [9.17, 15) is 13.2 Å². The van der Waals surface area contributed by atoms with Crippen molar-refractivity contribution in [3.05, 3.63) is 0 Å². The molecule has 0 aliphatic heterocycles. The lowest BCUT2D eigenvalue weighted by atomic mass is 9.89. The number of carbonyl (C=O) groups is 1. The first-order chi connectivity index (χ1) is 9.37. The average Bonchev–Trinajstić information content (AvgIpc) is 2.25. The summed E-state index contributed by atoms with van der Waals surface area (Å²) in [5, 5.41) is 2.46. The molecule has 0 aromatic carbocycles. The second-order valence-electron chi connectivity index (χ2n) is 6.84. The van der Waals surface area contributed by atoms with Gasteiger partial charge in [-0.3, -0.25) is 9.35 Å². The fourth-order valence-electron chi connectivity index (χ4n) is 1.53. The monoisotopic (exact) mass is 324 g/mol. The van der Waals surface area contributed by atoms with Gasteiger partial charge < -0.3 is 15.8 Å². The Morgan fingerprint density at radius 1 is 1.19 bits per heavy atom. The summed E-state index contributed by atoms with van der Waals surface area (Å²) in [6, 6.07) is 0. The quantitative estimate of drug-likeness (QED) is 0.501. The molecule has 0 spiro atoms. The van der Waals surface area contributed by atoms with Gasteiger partial charge in [0.2, 0.25) is 5.91 Å². The molecule has 0 aromatic rings. The van der Waals surface area contributed by atoms with E-state index in [1.165, 1.54) is 0 Å². The fourth-order valence-corrected chi connectivity index (χ4v) is 1.89. The van der Waals surface area contributed by atoms with E-state index in [0.717, 1.165) is 0 Å². The van der Waals surface area contributed by atoms with E-state index >= 15 is 0 Å². The van der Waals surface area contributed by atoms with E-state index in [2.05, 4.69) is 5.32 Å². The summed E-state index contributed by atoms with van der Waals surface area (Å²) in [6.45, 7) is 9.12. The number of hydrogen-bond donors (Lipinski definition) is 3. The third kappa shape index (κ3) is 11.6. The Morgan fingerprint density at radius 3 is 2.19 bits per heavy atom. The molecule has 4 N–H and O–H groups in total. The number of hydrogen-bond acceptors (Lipinski definition) is 5. The van der Waals surface area contributed by atoms with Gasteiger partial charge in [-0.15, -0.1) is 0 Å². The van der Waals surface area contributed by atoms with Gasteiger partial charge in [0.25, 0.3) is 10.1 Å². The van der Waals surface area contributed by atoms with Crippen LogP contribution in [0.1, 0.15) is 34.1 Å². The van der Waals surface area contributed by atoms with Gasteiger partial charge in [0.15, 0.2) is 0 Å². The zero-order chi connectivity index (χ0) is 16.7. The third-order valence-electron chi connectivity index (χ3n) is 2.86. The Bertz CT molecular complexity index is 432. The topological polar surface area (TPSA) is 119 Å². The summed E-state index contributed by atoms with van der Waals surface area (Å²) in [6.07, 6.45) is 0.210. The molecule has 7 nitrogen and oxygen atoms in total. The van der Waals surface area contributed by atoms with Gasteiger partial charge in [-0.2, -0.15) is 8.42 Å². The SMILES string of the molecule is CC(C)(CN)COCC(C)(C)CC(=O)NCCS(=O)(=O)O. The molecule has 21 heavy (non-hydrogen) atoms. The summed E-state index contributed by atoms with van der Waals surface area (Å²) in [5.74, 6) is -0.759. The van der Waals surface area contributed by atoms with E-state index in [1.54, 1.807) is 0 Å². The number of amides is 1. The smallest absolute Gasteiger partial charge is 0.266 e. The van der Waals surface area contributed by atoms with Crippen LogP contribution in [-0.2, 0) is 19.6 Å². The Labute approximate surface area is 127 Å². The molecule has 0 aromatic heterocycles. The van der Waals surface area contributed by atoms with E-state index in [0.29, 0.717) is 19.8 Å². The van der Waals surface area contributed by atoms with Gasteiger partial charge in [0.1, 0.15) is 0 Å². The minimum Gasteiger partial charge on any atom is -0.380 e. The summed E-state index contributed by atoms with van der Waals surface area (Å²) < 4.78 is 35.3. The number of ether oxygens (including phenoxy) is 1. The van der Waals surface area contributed by atoms with Crippen molar-refractivity contribution in [3.8, 4) is 0 Å². The molecule has 0 aliphatic carbocycles. The maximum absolute atomic E-state index is 11.7. The highest BCUT2D eigenvalue weighted by Gasteiger charge is 2.24. The van der Waals surface area contributed by atoms with Gasteiger partial charge in [0, 0.05) is 18.4 Å². The molecular formula is C13H28N2O5S. The Kier molecular flexibility index (Phi) is 7.80. The number of nitrogens with one attached hydrogen (secondary N) is 1. The Hall–Kier alpha value is -0.700. The Morgan fingerprint density at radius 2 is 1.71 bits per heavy atom. The molecule has 8 heteroatoms. The van der Waals surface area contributed by atoms with Crippen molar-refractivity contribution in [1.29, 1.82) is 0 Å². The van der Waals surface area contributed by atoms with Crippen LogP contribution in [0.2, 0.25) is 0 Å². The van der Waals surface area contributed by atoms with Crippen LogP contribution in [0.5, 0.6) is 0 Å². The lowest BCUT2D eigenvalue weighted by molar-refractivity contribution is -0.124. The normalized spacial score (nSPS) is 13.2. The predicted octanol–water partition coefficient (Wildman–Crippen LogP) is 0.408. The predicted molar refractivity (Wildman–Crippen MR) is 81.5 cm³/mol. The molecule has 0 heterocycles. The zero-order valence-corrected chi connectivity index (χ0v) is 14.1. The fraction of sp³-hybridized carbons (Fsp3) is 0.923. The summed E-state index contributed by atoms with van der Waals surface area (Å²) in [5.41, 5.74) is 5.14. The highest BCUT2D eigenvalue weighted by Crippen LogP contribution is 2.22. The van der Waals surface area contributed by atoms with Crippen molar-refractivity contribution in [3.63, 3.8) is 0 Å². The highest BCUT2D eigenvalue weighted by molar-refractivity contribution is 7.85. The third-order valence-corrected chi connectivity index (χ3v) is 3.58. The van der Waals surface area contributed by atoms with Gasteiger partial charge >= 0.3 is 0 Å². The van der Waals surface area contributed by atoms with Crippen LogP contribution < -0.4 is 11.1 Å². The van der Waals surface area contributed by atoms with Gasteiger partial charge in [0.05, 0.1) is 19.0 Å². The second-order valence-corrected chi connectivity index (χ2v) is 8.41. The summed E-state index contributed by atoms with van der Waals surface area (Å²) in [4.78, 5) is 11.7. The van der Waals surface area contributed by atoms with Crippen molar-refractivity contribution < 1.29 is 22.5 Å². The minimum atomic E-state index is -4.05. The molecule has 0 bridgehead atoms. The van der Waals surface area contributed by atoms with Crippen molar-refractivity contribution in [1.82, 2.24) is 5.32 Å². The first kappa shape index (κ1) is 20.3. The van der Waals surface area contributed by atoms with E-state index in [-0.39, 0.29) is 29.7 Å². The lowest BCUT2D eigenvalue weighted by Gasteiger charge is -2.27. The largest absolute Gasteiger partial charge is 0.380 e. The molecular weight excluding hydrogens is 296 g/mol. The molecule has 0 saturated carbocycles. The van der Waals surface area contributed by atoms with Crippen LogP contribution in [0.3, 0.4) is 0 Å². The van der Waals surface area contributed by atoms with Crippen LogP contribution in [0.15, 0.2) is 0 Å². The van der Waals surface area contributed by atoms with E-state index < -0.39 is 15.9 Å². The molecule has 0 radical (unpaired) electrons. The van der Waals surface area contributed by atoms with Crippen molar-refractivity contribution >= 4 is 16.0 Å². The molecule has 126 valence electrons. The van der Waals surface area contributed by atoms with Crippen LogP contribution in [0.25, 0.3) is 0 Å². The van der Waals surface area contributed by atoms with Crippen molar-refractivity contribution in [2.45, 2.75) is 34.1 Å². The summed E-state index contributed by atoms with van der Waals surface area (Å²) in [7, 11) is -4.05.